The maximum atomic E-state index is 14.7. The van der Waals surface area contributed by atoms with Gasteiger partial charge in [-0.05, 0) is 35.4 Å². The first kappa shape index (κ1) is 20.0. The third kappa shape index (κ3) is 3.43. The normalized spacial score (nSPS) is 19.3. The highest BCUT2D eigenvalue weighted by Gasteiger charge is 2.45. The average molecular weight is 425 g/mol. The molecule has 158 valence electrons. The number of imidazole rings is 1. The first-order valence-electron chi connectivity index (χ1n) is 10.3. The molecule has 0 bridgehead atoms. The van der Waals surface area contributed by atoms with E-state index in [1.54, 1.807) is 29.2 Å². The number of benzene rings is 3. The number of ether oxygens (including phenoxy) is 1. The van der Waals surface area contributed by atoms with Gasteiger partial charge >= 0.3 is 0 Å². The second kappa shape index (κ2) is 7.95. The molecular formula is C26H20FN3O2. The minimum absolute atomic E-state index is 0.261. The first-order chi connectivity index (χ1) is 15.6. The number of halogens is 1. The molecule has 3 aromatic carbocycles. The van der Waals surface area contributed by atoms with Crippen LogP contribution >= 0.6 is 0 Å². The average Bonchev–Trinajstić information content (AvgIpc) is 3.42. The minimum atomic E-state index is -1.32. The molecule has 0 amide bonds. The molecule has 0 saturated heterocycles. The summed E-state index contributed by atoms with van der Waals surface area (Å²) >= 11 is 0. The van der Waals surface area contributed by atoms with Crippen LogP contribution in [0, 0.1) is 17.1 Å². The lowest BCUT2D eigenvalue weighted by molar-refractivity contribution is 0.0792. The molecule has 0 aliphatic carbocycles. The van der Waals surface area contributed by atoms with Crippen LogP contribution in [0.5, 0.6) is 5.75 Å². The summed E-state index contributed by atoms with van der Waals surface area (Å²) in [5, 5.41) is 20.7. The van der Waals surface area contributed by atoms with Crippen LogP contribution < -0.4 is 4.74 Å². The number of nitriles is 1. The largest absolute Gasteiger partial charge is 0.489 e. The molecule has 0 unspecified atom stereocenters. The van der Waals surface area contributed by atoms with Gasteiger partial charge in [-0.25, -0.2) is 9.37 Å². The Morgan fingerprint density at radius 2 is 1.91 bits per heavy atom. The Kier molecular flexibility index (Phi) is 4.96. The van der Waals surface area contributed by atoms with Crippen LogP contribution in [0.2, 0.25) is 0 Å². The molecule has 5 rings (SSSR count). The summed E-state index contributed by atoms with van der Waals surface area (Å²) in [6.07, 6.45) is 3.48. The number of aliphatic hydroxyl groups is 1. The lowest BCUT2D eigenvalue weighted by Gasteiger charge is -2.23. The maximum Gasteiger partial charge on any atom is 0.133 e. The minimum Gasteiger partial charge on any atom is -0.489 e. The van der Waals surface area contributed by atoms with Crippen molar-refractivity contribution in [1.29, 1.82) is 5.26 Å². The maximum absolute atomic E-state index is 14.7. The van der Waals surface area contributed by atoms with Crippen LogP contribution in [-0.4, -0.2) is 14.7 Å². The van der Waals surface area contributed by atoms with Gasteiger partial charge in [0.1, 0.15) is 23.8 Å². The zero-order chi connectivity index (χ0) is 22.1. The van der Waals surface area contributed by atoms with Gasteiger partial charge in [-0.3, -0.25) is 0 Å². The highest BCUT2D eigenvalue weighted by Crippen LogP contribution is 2.47. The lowest BCUT2D eigenvalue weighted by atomic mass is 9.86. The molecule has 5 nitrogen and oxygen atoms in total. The Hall–Kier alpha value is -3.95. The van der Waals surface area contributed by atoms with E-state index < -0.39 is 17.5 Å². The summed E-state index contributed by atoms with van der Waals surface area (Å²) < 4.78 is 22.4. The van der Waals surface area contributed by atoms with Crippen LogP contribution in [-0.2, 0) is 12.2 Å². The fourth-order valence-corrected chi connectivity index (χ4v) is 4.32. The van der Waals surface area contributed by atoms with Gasteiger partial charge in [0.25, 0.3) is 0 Å². The number of aromatic nitrogens is 2. The predicted molar refractivity (Wildman–Crippen MR) is 116 cm³/mol. The summed E-state index contributed by atoms with van der Waals surface area (Å²) in [6.45, 7) is 0.456. The summed E-state index contributed by atoms with van der Waals surface area (Å²) in [4.78, 5) is 4.19. The molecule has 32 heavy (non-hydrogen) atoms. The molecule has 1 aromatic heterocycles. The van der Waals surface area contributed by atoms with Crippen LogP contribution in [0.15, 0.2) is 85.3 Å². The van der Waals surface area contributed by atoms with E-state index in [4.69, 9.17) is 10.00 Å². The van der Waals surface area contributed by atoms with E-state index in [1.165, 1.54) is 6.07 Å². The highest BCUT2D eigenvalue weighted by atomic mass is 19.1. The van der Waals surface area contributed by atoms with E-state index in [-0.39, 0.29) is 12.0 Å². The van der Waals surface area contributed by atoms with Crippen LogP contribution in [0.1, 0.15) is 40.4 Å². The quantitative estimate of drug-likeness (QED) is 0.503. The molecular weight excluding hydrogens is 405 g/mol. The molecule has 2 atom stereocenters. The molecule has 6 heteroatoms. The second-order valence-electron chi connectivity index (χ2n) is 7.91. The standard InChI is InChI=1S/C26H20FN3O2/c27-23-12-19(14-28)6-11-22(23)24-13-26(31,25-15-29-17-30(24)25)20-7-9-21(10-8-20)32-16-18-4-2-1-3-5-18/h1-12,15,17,24,31H,13,16H2/t24-,26-/m1/s1. The molecule has 0 spiro atoms. The van der Waals surface area contributed by atoms with E-state index >= 15 is 0 Å². The topological polar surface area (TPSA) is 71.1 Å². The molecule has 0 saturated carbocycles. The lowest BCUT2D eigenvalue weighted by Crippen LogP contribution is -2.24. The number of rotatable bonds is 5. The van der Waals surface area contributed by atoms with Crippen molar-refractivity contribution in [2.45, 2.75) is 24.7 Å². The Morgan fingerprint density at radius 3 is 2.62 bits per heavy atom. The van der Waals surface area contributed by atoms with Crippen LogP contribution in [0.3, 0.4) is 0 Å². The number of hydrogen-bond donors (Lipinski definition) is 1. The zero-order valence-electron chi connectivity index (χ0n) is 17.1. The SMILES string of the molecule is N#Cc1ccc([C@H]2C[C@@](O)(c3ccc(OCc4ccccc4)cc3)c3cncn32)c(F)c1. The first-order valence-corrected chi connectivity index (χ1v) is 10.3. The summed E-state index contributed by atoms with van der Waals surface area (Å²) in [5.74, 6) is 0.227. The third-order valence-electron chi connectivity index (χ3n) is 5.98. The Morgan fingerprint density at radius 1 is 1.12 bits per heavy atom. The van der Waals surface area contributed by atoms with Gasteiger partial charge in [-0.2, -0.15) is 5.26 Å². The van der Waals surface area contributed by atoms with Crippen LogP contribution in [0.4, 0.5) is 4.39 Å². The van der Waals surface area contributed by atoms with E-state index in [2.05, 4.69) is 4.98 Å². The summed E-state index contributed by atoms with van der Waals surface area (Å²) in [6, 6.07) is 23.1. The van der Waals surface area contributed by atoms with Gasteiger partial charge in [-0.15, -0.1) is 0 Å². The van der Waals surface area contributed by atoms with E-state index in [1.807, 2.05) is 60.7 Å². The van der Waals surface area contributed by atoms with Gasteiger partial charge in [0.05, 0.1) is 35.9 Å². The van der Waals surface area contributed by atoms with Crippen molar-refractivity contribution in [3.63, 3.8) is 0 Å². The monoisotopic (exact) mass is 425 g/mol. The van der Waals surface area contributed by atoms with Gasteiger partial charge in [0.15, 0.2) is 0 Å². The smallest absolute Gasteiger partial charge is 0.133 e. The molecule has 4 aromatic rings. The van der Waals surface area contributed by atoms with E-state index in [9.17, 15) is 9.50 Å². The van der Waals surface area contributed by atoms with Crippen molar-refractivity contribution in [3.05, 3.63) is 119 Å². The summed E-state index contributed by atoms with van der Waals surface area (Å²) in [7, 11) is 0. The molecule has 1 aliphatic heterocycles. The number of nitrogens with zero attached hydrogens (tertiary/aromatic N) is 3. The van der Waals surface area contributed by atoms with Crippen molar-refractivity contribution in [3.8, 4) is 11.8 Å². The van der Waals surface area contributed by atoms with E-state index in [0.29, 0.717) is 29.2 Å². The predicted octanol–water partition coefficient (Wildman–Crippen LogP) is 4.70. The van der Waals surface area contributed by atoms with E-state index in [0.717, 1.165) is 5.56 Å². The van der Waals surface area contributed by atoms with Gasteiger partial charge in [0.2, 0.25) is 0 Å². The van der Waals surface area contributed by atoms with Crippen LogP contribution in [0.25, 0.3) is 0 Å². The molecule has 2 heterocycles. The number of fused-ring (bicyclic) bond motifs is 1. The molecule has 1 N–H and O–H groups in total. The third-order valence-corrected chi connectivity index (χ3v) is 5.98. The van der Waals surface area contributed by atoms with Crippen molar-refractivity contribution in [2.75, 3.05) is 0 Å². The Labute approximate surface area is 185 Å². The van der Waals surface area contributed by atoms with Gasteiger partial charge in [-0.1, -0.05) is 48.5 Å². The Balaban J connectivity index is 1.41. The zero-order valence-corrected chi connectivity index (χ0v) is 17.1. The Bertz CT molecular complexity index is 1290. The number of hydrogen-bond acceptors (Lipinski definition) is 4. The van der Waals surface area contributed by atoms with Crippen molar-refractivity contribution in [1.82, 2.24) is 9.55 Å². The fraction of sp³-hybridized carbons (Fsp3) is 0.154. The molecule has 0 fully saturated rings. The fourth-order valence-electron chi connectivity index (χ4n) is 4.32. The van der Waals surface area contributed by atoms with Gasteiger partial charge in [0, 0.05) is 12.0 Å². The highest BCUT2D eigenvalue weighted by molar-refractivity contribution is 5.42. The van der Waals surface area contributed by atoms with Crippen molar-refractivity contribution >= 4 is 0 Å². The second-order valence-corrected chi connectivity index (χ2v) is 7.91. The van der Waals surface area contributed by atoms with Gasteiger partial charge < -0.3 is 14.4 Å². The van der Waals surface area contributed by atoms with Crippen molar-refractivity contribution < 1.29 is 14.2 Å². The van der Waals surface area contributed by atoms with Crippen molar-refractivity contribution in [2.24, 2.45) is 0 Å². The summed E-state index contributed by atoms with van der Waals surface area (Å²) in [5.41, 5.74) is 1.71. The molecule has 0 radical (unpaired) electrons. The molecule has 1 aliphatic rings.